The normalized spacial score (nSPS) is 10.1. The van der Waals surface area contributed by atoms with E-state index in [0.29, 0.717) is 17.0 Å². The van der Waals surface area contributed by atoms with Gasteiger partial charge in [-0.2, -0.15) is 0 Å². The van der Waals surface area contributed by atoms with Gasteiger partial charge in [-0.1, -0.05) is 18.2 Å². The summed E-state index contributed by atoms with van der Waals surface area (Å²) < 4.78 is 17.9. The maximum Gasteiger partial charge on any atom is 0.243 e. The molecule has 2 rings (SSSR count). The van der Waals surface area contributed by atoms with E-state index < -0.39 is 0 Å². The molecule has 0 unspecified atom stereocenters. The van der Waals surface area contributed by atoms with Crippen molar-refractivity contribution < 1.29 is 18.7 Å². The highest BCUT2D eigenvalue weighted by molar-refractivity contribution is 5.94. The second-order valence-electron chi connectivity index (χ2n) is 5.33. The lowest BCUT2D eigenvalue weighted by Gasteiger charge is -2.17. The molecule has 0 atom stereocenters. The van der Waals surface area contributed by atoms with Crippen LogP contribution in [0, 0.1) is 5.82 Å². The largest absolute Gasteiger partial charge is 0.497 e. The predicted octanol–water partition coefficient (Wildman–Crippen LogP) is 2.47. The van der Waals surface area contributed by atoms with Gasteiger partial charge in [0.05, 0.1) is 20.1 Å². The van der Waals surface area contributed by atoms with E-state index in [0.717, 1.165) is 0 Å². The summed E-state index contributed by atoms with van der Waals surface area (Å²) in [4.78, 5) is 25.5. The van der Waals surface area contributed by atoms with Crippen LogP contribution < -0.4 is 10.1 Å². The van der Waals surface area contributed by atoms with Crippen LogP contribution in [-0.2, 0) is 16.0 Å². The van der Waals surface area contributed by atoms with Crippen LogP contribution in [0.15, 0.2) is 48.5 Å². The molecule has 2 aromatic carbocycles. The second kappa shape index (κ2) is 8.10. The summed E-state index contributed by atoms with van der Waals surface area (Å²) in [7, 11) is 3.10. The molecule has 1 N–H and O–H groups in total. The monoisotopic (exact) mass is 330 g/mol. The molecule has 0 aliphatic carbocycles. The molecule has 2 aromatic rings. The number of hydrogen-bond acceptors (Lipinski definition) is 3. The Kier molecular flexibility index (Phi) is 5.89. The molecule has 0 aromatic heterocycles. The molecule has 0 aliphatic heterocycles. The Morgan fingerprint density at radius 3 is 2.54 bits per heavy atom. The molecule has 0 fully saturated rings. The first-order chi connectivity index (χ1) is 11.5. The van der Waals surface area contributed by atoms with E-state index in [1.807, 2.05) is 0 Å². The maximum atomic E-state index is 12.9. The summed E-state index contributed by atoms with van der Waals surface area (Å²) in [6, 6.07) is 12.7. The van der Waals surface area contributed by atoms with Crippen LogP contribution in [-0.4, -0.2) is 37.4 Å². The van der Waals surface area contributed by atoms with Crippen LogP contribution in [0.25, 0.3) is 0 Å². The second-order valence-corrected chi connectivity index (χ2v) is 5.33. The van der Waals surface area contributed by atoms with Crippen molar-refractivity contribution >= 4 is 17.5 Å². The van der Waals surface area contributed by atoms with E-state index in [-0.39, 0.29) is 30.6 Å². The number of halogens is 1. The van der Waals surface area contributed by atoms with Gasteiger partial charge >= 0.3 is 0 Å². The highest BCUT2D eigenvalue weighted by Gasteiger charge is 2.14. The van der Waals surface area contributed by atoms with Crippen LogP contribution in [0.1, 0.15) is 5.56 Å². The first kappa shape index (κ1) is 17.5. The number of anilines is 1. The summed E-state index contributed by atoms with van der Waals surface area (Å²) in [5, 5.41) is 2.71. The average molecular weight is 330 g/mol. The predicted molar refractivity (Wildman–Crippen MR) is 89.4 cm³/mol. The van der Waals surface area contributed by atoms with Crippen molar-refractivity contribution in [1.29, 1.82) is 0 Å². The number of benzene rings is 2. The number of ether oxygens (including phenoxy) is 1. The molecule has 0 heterocycles. The van der Waals surface area contributed by atoms with Gasteiger partial charge in [-0.15, -0.1) is 0 Å². The first-order valence-electron chi connectivity index (χ1n) is 7.40. The van der Waals surface area contributed by atoms with Crippen LogP contribution in [0.5, 0.6) is 5.75 Å². The molecule has 0 radical (unpaired) electrons. The number of carbonyl (C=O) groups is 2. The zero-order valence-corrected chi connectivity index (χ0v) is 13.6. The number of carbonyl (C=O) groups excluding carboxylic acids is 2. The summed E-state index contributed by atoms with van der Waals surface area (Å²) in [5.74, 6) is -0.244. The molecule has 0 aliphatic rings. The molecule has 0 spiro atoms. The smallest absolute Gasteiger partial charge is 0.243 e. The van der Waals surface area contributed by atoms with Crippen molar-refractivity contribution in [3.63, 3.8) is 0 Å². The zero-order chi connectivity index (χ0) is 17.5. The Morgan fingerprint density at radius 1 is 1.17 bits per heavy atom. The number of nitrogens with one attached hydrogen (secondary N) is 1. The quantitative estimate of drug-likeness (QED) is 0.885. The third-order valence-electron chi connectivity index (χ3n) is 3.43. The molecule has 0 saturated carbocycles. The van der Waals surface area contributed by atoms with E-state index in [1.54, 1.807) is 50.6 Å². The highest BCUT2D eigenvalue weighted by atomic mass is 19.1. The van der Waals surface area contributed by atoms with E-state index in [1.165, 1.54) is 17.0 Å². The first-order valence-corrected chi connectivity index (χ1v) is 7.40. The van der Waals surface area contributed by atoms with E-state index in [4.69, 9.17) is 4.74 Å². The summed E-state index contributed by atoms with van der Waals surface area (Å²) in [6.45, 7) is -0.0722. The third kappa shape index (κ3) is 5.08. The summed E-state index contributed by atoms with van der Waals surface area (Å²) in [6.07, 6.45) is 0.114. The minimum Gasteiger partial charge on any atom is -0.497 e. The topological polar surface area (TPSA) is 58.6 Å². The Labute approximate surface area is 140 Å². The van der Waals surface area contributed by atoms with Gasteiger partial charge in [0.25, 0.3) is 0 Å². The molecule has 2 amide bonds. The zero-order valence-electron chi connectivity index (χ0n) is 13.6. The molecule has 5 nitrogen and oxygen atoms in total. The molecule has 0 bridgehead atoms. The van der Waals surface area contributed by atoms with Gasteiger partial charge in [-0.05, 0) is 29.8 Å². The van der Waals surface area contributed by atoms with Crippen molar-refractivity contribution in [2.75, 3.05) is 26.0 Å². The lowest BCUT2D eigenvalue weighted by molar-refractivity contribution is -0.132. The van der Waals surface area contributed by atoms with Gasteiger partial charge in [0, 0.05) is 18.8 Å². The average Bonchev–Trinajstić information content (AvgIpc) is 2.56. The molecular weight excluding hydrogens is 311 g/mol. The maximum absolute atomic E-state index is 12.9. The molecule has 0 saturated heterocycles. The van der Waals surface area contributed by atoms with Gasteiger partial charge in [0.15, 0.2) is 0 Å². The van der Waals surface area contributed by atoms with Crippen LogP contribution in [0.2, 0.25) is 0 Å². The standard InChI is InChI=1S/C18H19FN2O3/c1-21(18(23)10-13-6-8-14(19)9-7-13)12-17(22)20-15-4-3-5-16(11-15)24-2/h3-9,11H,10,12H2,1-2H3,(H,20,22). The molecular formula is C18H19FN2O3. The fourth-order valence-corrected chi connectivity index (χ4v) is 2.12. The Hall–Kier alpha value is -2.89. The lowest BCUT2D eigenvalue weighted by atomic mass is 10.1. The SMILES string of the molecule is COc1cccc(NC(=O)CN(C)C(=O)Cc2ccc(F)cc2)c1. The Bertz CT molecular complexity index is 716. The number of rotatable bonds is 6. The minimum atomic E-state index is -0.350. The third-order valence-corrected chi connectivity index (χ3v) is 3.43. The van der Waals surface area contributed by atoms with Gasteiger partial charge in [0.2, 0.25) is 11.8 Å². The van der Waals surface area contributed by atoms with Crippen molar-refractivity contribution in [2.45, 2.75) is 6.42 Å². The fraction of sp³-hybridized carbons (Fsp3) is 0.222. The molecule has 126 valence electrons. The van der Waals surface area contributed by atoms with Crippen LogP contribution in [0.3, 0.4) is 0 Å². The van der Waals surface area contributed by atoms with Crippen molar-refractivity contribution in [3.05, 3.63) is 59.9 Å². The summed E-state index contributed by atoms with van der Waals surface area (Å²) >= 11 is 0. The van der Waals surface area contributed by atoms with Gasteiger partial charge in [-0.25, -0.2) is 4.39 Å². The van der Waals surface area contributed by atoms with Crippen molar-refractivity contribution in [2.24, 2.45) is 0 Å². The number of likely N-dealkylation sites (N-methyl/N-ethyl adjacent to an activating group) is 1. The van der Waals surface area contributed by atoms with Crippen LogP contribution >= 0.6 is 0 Å². The molecule has 24 heavy (non-hydrogen) atoms. The Morgan fingerprint density at radius 2 is 1.88 bits per heavy atom. The van der Waals surface area contributed by atoms with E-state index in [2.05, 4.69) is 5.32 Å². The van der Waals surface area contributed by atoms with E-state index >= 15 is 0 Å². The number of nitrogens with zero attached hydrogens (tertiary/aromatic N) is 1. The van der Waals surface area contributed by atoms with Crippen LogP contribution in [0.4, 0.5) is 10.1 Å². The van der Waals surface area contributed by atoms with Gasteiger partial charge in [0.1, 0.15) is 11.6 Å². The number of methoxy groups -OCH3 is 1. The fourth-order valence-electron chi connectivity index (χ4n) is 2.12. The van der Waals surface area contributed by atoms with Gasteiger partial charge < -0.3 is 15.0 Å². The van der Waals surface area contributed by atoms with Crippen molar-refractivity contribution in [3.8, 4) is 5.75 Å². The van der Waals surface area contributed by atoms with E-state index in [9.17, 15) is 14.0 Å². The number of hydrogen-bond donors (Lipinski definition) is 1. The van der Waals surface area contributed by atoms with Gasteiger partial charge in [-0.3, -0.25) is 9.59 Å². The summed E-state index contributed by atoms with van der Waals surface area (Å²) in [5.41, 5.74) is 1.29. The lowest BCUT2D eigenvalue weighted by Crippen LogP contribution is -2.35. The number of amides is 2. The van der Waals surface area contributed by atoms with Crippen molar-refractivity contribution in [1.82, 2.24) is 4.90 Å². The Balaban J connectivity index is 1.88. The minimum absolute atomic E-state index is 0.0722. The highest BCUT2D eigenvalue weighted by Crippen LogP contribution is 2.16. The molecule has 6 heteroatoms.